The van der Waals surface area contributed by atoms with Gasteiger partial charge in [-0.05, 0) is 31.5 Å². The lowest BCUT2D eigenvalue weighted by molar-refractivity contribution is -0.117. The number of carbonyl (C=O) groups excluding carboxylic acids is 1. The molecule has 5 N–H and O–H groups in total. The first-order valence-corrected chi connectivity index (χ1v) is 10.4. The van der Waals surface area contributed by atoms with Gasteiger partial charge in [0.15, 0.2) is 9.34 Å². The number of aryl methyl sites for hydroxylation is 1. The molecule has 0 fully saturated rings. The largest absolute Gasteiger partial charge is 0.412 e. The molecular weight excluding hydrogens is 400 g/mol. The Morgan fingerprint density at radius 3 is 2.39 bits per heavy atom. The van der Waals surface area contributed by atoms with Crippen molar-refractivity contribution in [3.63, 3.8) is 0 Å². The zero-order valence-corrected chi connectivity index (χ0v) is 16.8. The van der Waals surface area contributed by atoms with Crippen LogP contribution in [0.2, 0.25) is 0 Å². The molecule has 1 amide bonds. The lowest BCUT2D eigenvalue weighted by atomic mass is 9.98. The molecule has 10 heteroatoms. The molecule has 3 rings (SSSR count). The van der Waals surface area contributed by atoms with Crippen molar-refractivity contribution in [2.45, 2.75) is 24.0 Å². The second-order valence-corrected chi connectivity index (χ2v) is 8.74. The van der Waals surface area contributed by atoms with Gasteiger partial charge in [-0.2, -0.15) is 0 Å². The minimum absolute atomic E-state index is 0. The fourth-order valence-corrected chi connectivity index (χ4v) is 4.40. The topological polar surface area (TPSA) is 147 Å². The summed E-state index contributed by atoms with van der Waals surface area (Å²) in [6.07, 6.45) is 1.73. The number of pyridine rings is 1. The second kappa shape index (κ2) is 8.57. The number of nitrogens with one attached hydrogen (secondary N) is 1. The third-order valence-corrected chi connectivity index (χ3v) is 6.63. The molecule has 0 aliphatic heterocycles. The van der Waals surface area contributed by atoms with E-state index in [9.17, 15) is 13.2 Å². The number of thiazole rings is 1. The van der Waals surface area contributed by atoms with E-state index in [1.54, 1.807) is 13.1 Å². The number of anilines is 1. The number of primary sulfonamides is 1. The van der Waals surface area contributed by atoms with Gasteiger partial charge >= 0.3 is 0 Å². The molecule has 2 aromatic heterocycles. The van der Waals surface area contributed by atoms with Crippen LogP contribution in [-0.4, -0.2) is 29.8 Å². The highest BCUT2D eigenvalue weighted by atomic mass is 32.2. The first kappa shape index (κ1) is 21.6. The Morgan fingerprint density at radius 1 is 1.18 bits per heavy atom. The molecular formula is C18H20N4O4S2. The molecule has 28 heavy (non-hydrogen) atoms. The highest BCUT2D eigenvalue weighted by Gasteiger charge is 2.21. The van der Waals surface area contributed by atoms with Crippen LogP contribution in [0.3, 0.4) is 0 Å². The van der Waals surface area contributed by atoms with Crippen LogP contribution in [0.15, 0.2) is 52.9 Å². The van der Waals surface area contributed by atoms with Crippen molar-refractivity contribution in [3.05, 3.63) is 59.9 Å². The fourth-order valence-electron chi connectivity index (χ4n) is 2.54. The van der Waals surface area contributed by atoms with E-state index in [2.05, 4.69) is 15.3 Å². The maximum atomic E-state index is 12.5. The minimum Gasteiger partial charge on any atom is -0.412 e. The summed E-state index contributed by atoms with van der Waals surface area (Å²) in [5.74, 6) is -0.722. The van der Waals surface area contributed by atoms with E-state index < -0.39 is 15.9 Å². The number of rotatable bonds is 5. The highest BCUT2D eigenvalue weighted by molar-refractivity contribution is 7.91. The van der Waals surface area contributed by atoms with E-state index in [4.69, 9.17) is 5.14 Å². The molecule has 0 saturated heterocycles. The Balaban J connectivity index is 0.00000280. The summed E-state index contributed by atoms with van der Waals surface area (Å²) < 4.78 is 22.9. The van der Waals surface area contributed by atoms with E-state index in [-0.39, 0.29) is 26.4 Å². The molecule has 148 valence electrons. The maximum Gasteiger partial charge on any atom is 0.249 e. The van der Waals surface area contributed by atoms with Gasteiger partial charge in [0.2, 0.25) is 15.9 Å². The first-order valence-electron chi connectivity index (χ1n) is 8.08. The summed E-state index contributed by atoms with van der Waals surface area (Å²) in [5.41, 5.74) is 2.91. The lowest BCUT2D eigenvalue weighted by Gasteiger charge is -2.11. The van der Waals surface area contributed by atoms with Gasteiger partial charge in [0, 0.05) is 11.8 Å². The van der Waals surface area contributed by atoms with Gasteiger partial charge in [-0.1, -0.05) is 41.7 Å². The molecule has 8 nitrogen and oxygen atoms in total. The number of carbonyl (C=O) groups is 1. The Kier molecular flexibility index (Phi) is 6.62. The number of benzene rings is 1. The normalized spacial score (nSPS) is 12.1. The average Bonchev–Trinajstić information content (AvgIpc) is 3.02. The van der Waals surface area contributed by atoms with Crippen molar-refractivity contribution in [1.29, 1.82) is 0 Å². The smallest absolute Gasteiger partial charge is 0.249 e. The molecule has 0 aliphatic carbocycles. The number of aromatic nitrogens is 2. The van der Waals surface area contributed by atoms with Crippen LogP contribution in [0.4, 0.5) is 5.13 Å². The SMILES string of the molecule is Cc1nc(NC(=O)C(C)c2ccc(-c3ccccn3)cc2)sc1S(N)(=O)=O.O. The molecule has 0 spiro atoms. The van der Waals surface area contributed by atoms with Gasteiger partial charge in [0.1, 0.15) is 0 Å². The van der Waals surface area contributed by atoms with E-state index in [0.29, 0.717) is 0 Å². The Bertz CT molecular complexity index is 1060. The molecule has 3 aromatic rings. The first-order chi connectivity index (χ1) is 12.8. The summed E-state index contributed by atoms with van der Waals surface area (Å²) in [4.78, 5) is 20.9. The fraction of sp³-hybridized carbons (Fsp3) is 0.167. The summed E-state index contributed by atoms with van der Waals surface area (Å²) >= 11 is 0.843. The Hall–Kier alpha value is -2.66. The van der Waals surface area contributed by atoms with Gasteiger partial charge in [-0.3, -0.25) is 9.78 Å². The van der Waals surface area contributed by atoms with Crippen molar-refractivity contribution < 1.29 is 18.7 Å². The summed E-state index contributed by atoms with van der Waals surface area (Å²) in [5, 5.41) is 8.00. The average molecular weight is 421 g/mol. The molecule has 2 heterocycles. The van der Waals surface area contributed by atoms with Crippen molar-refractivity contribution in [2.24, 2.45) is 5.14 Å². The van der Waals surface area contributed by atoms with Gasteiger partial charge in [-0.25, -0.2) is 18.5 Å². The molecule has 0 bridgehead atoms. The number of sulfonamides is 1. The predicted molar refractivity (Wildman–Crippen MR) is 109 cm³/mol. The summed E-state index contributed by atoms with van der Waals surface area (Å²) in [6.45, 7) is 3.30. The molecule has 1 aromatic carbocycles. The third-order valence-electron chi connectivity index (χ3n) is 4.01. The molecule has 0 radical (unpaired) electrons. The van der Waals surface area contributed by atoms with Crippen LogP contribution in [0.1, 0.15) is 24.1 Å². The quantitative estimate of drug-likeness (QED) is 0.648. The van der Waals surface area contributed by atoms with Crippen molar-refractivity contribution in [2.75, 3.05) is 5.32 Å². The molecule has 0 saturated carbocycles. The van der Waals surface area contributed by atoms with Crippen LogP contribution < -0.4 is 10.5 Å². The number of nitrogens with zero attached hydrogens (tertiary/aromatic N) is 2. The van der Waals surface area contributed by atoms with Crippen molar-refractivity contribution in [3.8, 4) is 11.3 Å². The van der Waals surface area contributed by atoms with Crippen LogP contribution in [0.5, 0.6) is 0 Å². The van der Waals surface area contributed by atoms with Gasteiger partial charge < -0.3 is 10.8 Å². The number of hydrogen-bond donors (Lipinski definition) is 2. The Morgan fingerprint density at radius 2 is 1.86 bits per heavy atom. The van der Waals surface area contributed by atoms with Crippen molar-refractivity contribution >= 4 is 32.4 Å². The van der Waals surface area contributed by atoms with Gasteiger partial charge in [-0.15, -0.1) is 0 Å². The third kappa shape index (κ3) is 4.78. The summed E-state index contributed by atoms with van der Waals surface area (Å²) in [6, 6.07) is 13.2. The lowest BCUT2D eigenvalue weighted by Crippen LogP contribution is -2.18. The molecule has 0 aliphatic rings. The number of hydrogen-bond acceptors (Lipinski definition) is 6. The second-order valence-electron chi connectivity index (χ2n) is 5.98. The zero-order valence-electron chi connectivity index (χ0n) is 15.2. The van der Waals surface area contributed by atoms with Crippen molar-refractivity contribution in [1.82, 2.24) is 9.97 Å². The van der Waals surface area contributed by atoms with E-state index >= 15 is 0 Å². The van der Waals surface area contributed by atoms with Crippen LogP contribution in [0, 0.1) is 6.92 Å². The molecule has 1 unspecified atom stereocenters. The van der Waals surface area contributed by atoms with E-state index in [1.807, 2.05) is 42.5 Å². The van der Waals surface area contributed by atoms with Gasteiger partial charge in [0.25, 0.3) is 0 Å². The van der Waals surface area contributed by atoms with Gasteiger partial charge in [0.05, 0.1) is 17.3 Å². The summed E-state index contributed by atoms with van der Waals surface area (Å²) in [7, 11) is -3.85. The van der Waals surface area contributed by atoms with E-state index in [0.717, 1.165) is 28.2 Å². The molecule has 1 atom stereocenters. The van der Waals surface area contributed by atoms with Crippen LogP contribution in [0.25, 0.3) is 11.3 Å². The van der Waals surface area contributed by atoms with E-state index in [1.165, 1.54) is 6.92 Å². The van der Waals surface area contributed by atoms with Crippen LogP contribution >= 0.6 is 11.3 Å². The number of nitrogens with two attached hydrogens (primary N) is 1. The van der Waals surface area contributed by atoms with Crippen LogP contribution in [-0.2, 0) is 14.8 Å². The minimum atomic E-state index is -3.85. The zero-order chi connectivity index (χ0) is 19.6. The highest BCUT2D eigenvalue weighted by Crippen LogP contribution is 2.28. The monoisotopic (exact) mass is 420 g/mol. The maximum absolute atomic E-state index is 12.5. The predicted octanol–water partition coefficient (Wildman–Crippen LogP) is 2.08. The Labute approximate surface area is 166 Å². The number of amides is 1. The standard InChI is InChI=1S/C18H18N4O3S2.H2O/c1-11(13-6-8-14(9-7-13)15-5-3-4-10-20-15)16(23)22-18-21-12(2)17(26-18)27(19,24)25;/h3-11H,1-2H3,(H2,19,24,25)(H,21,22,23);1H2.